The van der Waals surface area contributed by atoms with Crippen LogP contribution in [0.3, 0.4) is 0 Å². The van der Waals surface area contributed by atoms with Crippen LogP contribution >= 0.6 is 11.6 Å². The second kappa shape index (κ2) is 13.0. The number of fused-ring (bicyclic) bond motifs is 2. The lowest BCUT2D eigenvalue weighted by Crippen LogP contribution is -2.55. The van der Waals surface area contributed by atoms with Crippen LogP contribution in [0.5, 0.6) is 11.5 Å². The van der Waals surface area contributed by atoms with Gasteiger partial charge in [-0.25, -0.2) is 0 Å². The molecular weight excluding hydrogens is 562 g/mol. The maximum absolute atomic E-state index is 11.8. The highest BCUT2D eigenvalue weighted by Gasteiger charge is 2.48. The number of benzene rings is 2. The van der Waals surface area contributed by atoms with Gasteiger partial charge in [0.05, 0.1) is 24.5 Å². The molecule has 228 valence electrons. The number of likely N-dealkylation sites (tertiary alicyclic amines) is 1. The molecule has 1 unspecified atom stereocenters. The van der Waals surface area contributed by atoms with E-state index in [-0.39, 0.29) is 5.41 Å². The molecule has 2 fully saturated rings. The summed E-state index contributed by atoms with van der Waals surface area (Å²) in [6, 6.07) is 17.9. The van der Waals surface area contributed by atoms with Crippen molar-refractivity contribution < 1.29 is 19.3 Å². The van der Waals surface area contributed by atoms with Crippen LogP contribution in [-0.4, -0.2) is 79.0 Å². The molecule has 6 rings (SSSR count). The number of morpholine rings is 1. The second-order valence-electron chi connectivity index (χ2n) is 12.4. The van der Waals surface area contributed by atoms with Crippen molar-refractivity contribution >= 4 is 17.2 Å². The summed E-state index contributed by atoms with van der Waals surface area (Å²) in [5, 5.41) is 12.5. The van der Waals surface area contributed by atoms with Crippen LogP contribution in [0.25, 0.3) is 5.57 Å². The highest BCUT2D eigenvalue weighted by atomic mass is 35.5. The molecule has 3 aliphatic rings. The highest BCUT2D eigenvalue weighted by molar-refractivity contribution is 6.30. The number of hydrogen-bond acceptors (Lipinski definition) is 7. The monoisotopic (exact) mass is 603 g/mol. The lowest BCUT2D eigenvalue weighted by Gasteiger charge is -2.50. The average molecular weight is 604 g/mol. The standard InChI is InChI=1S/C35H42ClN3O4/c1-34(2)25-39(16-13-35(34,40)26-7-9-27(36)10-8-26)15-4-6-29-30-5-3-14-37-32(30)24-43-33-12-11-28(23-31(29)33)42-22-19-38-17-20-41-21-18-38/h3,5-12,14,23,40H,4,13,15-22,24-25H2,1-2H3. The smallest absolute Gasteiger partial charge is 0.131 e. The third-order valence-electron chi connectivity index (χ3n) is 9.21. The molecule has 2 aromatic carbocycles. The fraction of sp³-hybridized carbons (Fsp3) is 0.457. The summed E-state index contributed by atoms with van der Waals surface area (Å²) < 4.78 is 17.9. The Morgan fingerprint density at radius 2 is 1.81 bits per heavy atom. The Hall–Kier alpha value is -2.94. The largest absolute Gasteiger partial charge is 0.492 e. The summed E-state index contributed by atoms with van der Waals surface area (Å²) in [6.07, 6.45) is 5.68. The van der Waals surface area contributed by atoms with Gasteiger partial charge in [-0.1, -0.05) is 49.7 Å². The molecule has 43 heavy (non-hydrogen) atoms. The molecule has 1 atom stereocenters. The molecule has 3 aromatic rings. The van der Waals surface area contributed by atoms with E-state index in [0.717, 1.165) is 98.4 Å². The lowest BCUT2D eigenvalue weighted by atomic mass is 9.66. The van der Waals surface area contributed by atoms with E-state index in [0.29, 0.717) is 24.7 Å². The summed E-state index contributed by atoms with van der Waals surface area (Å²) >= 11 is 6.13. The molecule has 1 N–H and O–H groups in total. The molecule has 0 aliphatic carbocycles. The van der Waals surface area contributed by atoms with E-state index < -0.39 is 5.60 Å². The van der Waals surface area contributed by atoms with Gasteiger partial charge in [0.25, 0.3) is 0 Å². The van der Waals surface area contributed by atoms with Crippen molar-refractivity contribution in [2.24, 2.45) is 5.41 Å². The third kappa shape index (κ3) is 6.61. The molecule has 0 bridgehead atoms. The van der Waals surface area contributed by atoms with Crippen LogP contribution in [0, 0.1) is 5.41 Å². The number of aliphatic hydroxyl groups is 1. The molecule has 3 aliphatic heterocycles. The van der Waals surface area contributed by atoms with Crippen LogP contribution in [0.2, 0.25) is 5.02 Å². The third-order valence-corrected chi connectivity index (χ3v) is 9.46. The average Bonchev–Trinajstić information content (AvgIpc) is 3.16. The van der Waals surface area contributed by atoms with Gasteiger partial charge in [-0.05, 0) is 60.4 Å². The number of hydrogen-bond donors (Lipinski definition) is 1. The highest BCUT2D eigenvalue weighted by Crippen LogP contribution is 2.46. The Bertz CT molecular complexity index is 1440. The Balaban J connectivity index is 1.17. The Kier molecular flexibility index (Phi) is 9.08. The first kappa shape index (κ1) is 30.1. The van der Waals surface area contributed by atoms with E-state index in [9.17, 15) is 5.11 Å². The molecule has 8 heteroatoms. The van der Waals surface area contributed by atoms with Gasteiger partial charge in [-0.15, -0.1) is 0 Å². The van der Waals surface area contributed by atoms with E-state index >= 15 is 0 Å². The number of pyridine rings is 1. The van der Waals surface area contributed by atoms with Crippen molar-refractivity contribution in [1.29, 1.82) is 0 Å². The van der Waals surface area contributed by atoms with Crippen molar-refractivity contribution in [3.8, 4) is 11.5 Å². The molecule has 0 amide bonds. The van der Waals surface area contributed by atoms with E-state index in [1.54, 1.807) is 0 Å². The fourth-order valence-electron chi connectivity index (χ4n) is 6.63. The Labute approximate surface area is 260 Å². The summed E-state index contributed by atoms with van der Waals surface area (Å²) in [4.78, 5) is 9.48. The molecule has 0 saturated carbocycles. The van der Waals surface area contributed by atoms with Crippen molar-refractivity contribution in [2.75, 3.05) is 59.1 Å². The van der Waals surface area contributed by atoms with E-state index in [1.165, 1.54) is 0 Å². The molecule has 4 heterocycles. The predicted octanol–water partition coefficient (Wildman–Crippen LogP) is 5.78. The van der Waals surface area contributed by atoms with Crippen molar-refractivity contribution in [1.82, 2.24) is 14.8 Å². The topological polar surface area (TPSA) is 67.3 Å². The number of nitrogens with zero attached hydrogens (tertiary/aromatic N) is 3. The van der Waals surface area contributed by atoms with Gasteiger partial charge in [0, 0.05) is 67.0 Å². The van der Waals surface area contributed by atoms with Gasteiger partial charge < -0.3 is 24.2 Å². The first-order chi connectivity index (χ1) is 20.8. The zero-order valence-corrected chi connectivity index (χ0v) is 26.0. The zero-order chi connectivity index (χ0) is 29.9. The van der Waals surface area contributed by atoms with Gasteiger partial charge in [0.2, 0.25) is 0 Å². The summed E-state index contributed by atoms with van der Waals surface area (Å²) in [6.45, 7) is 12.3. The Morgan fingerprint density at radius 1 is 1.00 bits per heavy atom. The van der Waals surface area contributed by atoms with Gasteiger partial charge in [-0.3, -0.25) is 9.88 Å². The molecule has 0 spiro atoms. The van der Waals surface area contributed by atoms with E-state index in [2.05, 4.69) is 46.8 Å². The van der Waals surface area contributed by atoms with Gasteiger partial charge >= 0.3 is 0 Å². The first-order valence-electron chi connectivity index (χ1n) is 15.4. The maximum atomic E-state index is 11.8. The predicted molar refractivity (Wildman–Crippen MR) is 170 cm³/mol. The van der Waals surface area contributed by atoms with Crippen molar-refractivity contribution in [3.63, 3.8) is 0 Å². The molecule has 7 nitrogen and oxygen atoms in total. The number of halogens is 1. The minimum atomic E-state index is -0.896. The van der Waals surface area contributed by atoms with Crippen LogP contribution in [-0.2, 0) is 16.9 Å². The quantitative estimate of drug-likeness (QED) is 0.350. The zero-order valence-electron chi connectivity index (χ0n) is 25.2. The Morgan fingerprint density at radius 3 is 2.60 bits per heavy atom. The van der Waals surface area contributed by atoms with Crippen LogP contribution in [0.1, 0.15) is 49.1 Å². The number of aromatic nitrogens is 1. The van der Waals surface area contributed by atoms with Crippen molar-refractivity contribution in [2.45, 2.75) is 38.9 Å². The summed E-state index contributed by atoms with van der Waals surface area (Å²) in [5.41, 5.74) is 3.92. The van der Waals surface area contributed by atoms with E-state index in [1.807, 2.05) is 48.7 Å². The molecular formula is C35H42ClN3O4. The van der Waals surface area contributed by atoms with Crippen LogP contribution in [0.4, 0.5) is 0 Å². The van der Waals surface area contributed by atoms with Gasteiger partial charge in [0.15, 0.2) is 0 Å². The molecule has 1 aromatic heterocycles. The van der Waals surface area contributed by atoms with E-state index in [4.69, 9.17) is 25.8 Å². The van der Waals surface area contributed by atoms with Gasteiger partial charge in [0.1, 0.15) is 24.7 Å². The second-order valence-corrected chi connectivity index (χ2v) is 12.9. The SMILES string of the molecule is CC1(C)CN(CCC=C2c3cc(OCCN4CCOCC4)ccc3OCc3ncccc32)CCC1(O)c1ccc(Cl)cc1. The maximum Gasteiger partial charge on any atom is 0.131 e. The summed E-state index contributed by atoms with van der Waals surface area (Å²) in [7, 11) is 0. The minimum absolute atomic E-state index is 0.320. The van der Waals surface area contributed by atoms with Crippen LogP contribution in [0.15, 0.2) is 66.9 Å². The first-order valence-corrected chi connectivity index (χ1v) is 15.8. The molecule has 2 saturated heterocycles. The fourth-order valence-corrected chi connectivity index (χ4v) is 6.76. The lowest BCUT2D eigenvalue weighted by molar-refractivity contribution is -0.125. The van der Waals surface area contributed by atoms with Crippen molar-refractivity contribution in [3.05, 3.63) is 94.3 Å². The number of rotatable bonds is 8. The normalized spacial score (nSPS) is 23.2. The summed E-state index contributed by atoms with van der Waals surface area (Å²) in [5.74, 6) is 1.69. The number of piperidine rings is 1. The minimum Gasteiger partial charge on any atom is -0.492 e. The number of ether oxygens (including phenoxy) is 3. The van der Waals surface area contributed by atoms with Crippen LogP contribution < -0.4 is 9.47 Å². The van der Waals surface area contributed by atoms with Gasteiger partial charge in [-0.2, -0.15) is 0 Å². The molecule has 0 radical (unpaired) electrons.